The van der Waals surface area contributed by atoms with Gasteiger partial charge in [0.15, 0.2) is 5.76 Å². The number of aliphatic hydroxyl groups is 1. The first kappa shape index (κ1) is 21.5. The maximum Gasteiger partial charge on any atom is 0.286 e. The number of allylic oxidation sites excluding steroid dienone is 1. The van der Waals surface area contributed by atoms with Crippen molar-refractivity contribution >= 4 is 17.2 Å². The fraction of sp³-hybridized carbons (Fsp3) is 0.409. The molecule has 29 heavy (non-hydrogen) atoms. The number of halogens is 1. The smallest absolute Gasteiger partial charge is 0.286 e. The Hall–Kier alpha value is -2.22. The second-order valence-electron chi connectivity index (χ2n) is 6.87. The molecule has 1 aliphatic rings. The third kappa shape index (κ3) is 6.66. The minimum atomic E-state index is -0.497. The van der Waals surface area contributed by atoms with Crippen LogP contribution in [0.25, 0.3) is 0 Å². The average molecular weight is 420 g/mol. The molecule has 0 fully saturated rings. The van der Waals surface area contributed by atoms with E-state index in [1.807, 2.05) is 23.6 Å². The van der Waals surface area contributed by atoms with E-state index in [9.17, 15) is 9.18 Å². The molecule has 0 unspecified atom stereocenters. The molecular formula is C22H26FNO4S. The van der Waals surface area contributed by atoms with Crippen LogP contribution >= 0.6 is 11.3 Å². The number of hydrogen-bond donors (Lipinski definition) is 2. The number of thiophene rings is 1. The number of ether oxygens (including phenoxy) is 2. The van der Waals surface area contributed by atoms with Crippen molar-refractivity contribution in [3.63, 3.8) is 0 Å². The van der Waals surface area contributed by atoms with Gasteiger partial charge in [-0.1, -0.05) is 18.2 Å². The predicted octanol–water partition coefficient (Wildman–Crippen LogP) is 3.75. The van der Waals surface area contributed by atoms with Gasteiger partial charge in [-0.2, -0.15) is 0 Å². The predicted molar refractivity (Wildman–Crippen MR) is 110 cm³/mol. The molecule has 1 aromatic carbocycles. The minimum absolute atomic E-state index is 0.0597. The largest absolute Gasteiger partial charge is 0.459 e. The molecule has 7 heteroatoms. The molecule has 2 N–H and O–H groups in total. The quantitative estimate of drug-likeness (QED) is 0.576. The lowest BCUT2D eigenvalue weighted by molar-refractivity contribution is -0.146. The van der Waals surface area contributed by atoms with Crippen molar-refractivity contribution in [3.8, 4) is 0 Å². The van der Waals surface area contributed by atoms with Gasteiger partial charge in [0, 0.05) is 30.4 Å². The van der Waals surface area contributed by atoms with E-state index in [2.05, 4.69) is 5.32 Å². The third-order valence-electron chi connectivity index (χ3n) is 4.66. The van der Waals surface area contributed by atoms with Crippen LogP contribution in [0.2, 0.25) is 0 Å². The van der Waals surface area contributed by atoms with Crippen LogP contribution in [0.5, 0.6) is 0 Å². The Morgan fingerprint density at radius 1 is 1.28 bits per heavy atom. The average Bonchev–Trinajstić information content (AvgIpc) is 3.27. The van der Waals surface area contributed by atoms with Gasteiger partial charge in [-0.15, -0.1) is 11.3 Å². The Balaban J connectivity index is 1.57. The molecule has 1 amide bonds. The fourth-order valence-corrected chi connectivity index (χ4v) is 3.92. The normalized spacial score (nSPS) is 18.8. The van der Waals surface area contributed by atoms with E-state index in [4.69, 9.17) is 14.6 Å². The summed E-state index contributed by atoms with van der Waals surface area (Å²) in [5.74, 6) is -0.231. The summed E-state index contributed by atoms with van der Waals surface area (Å²) in [7, 11) is 0. The van der Waals surface area contributed by atoms with Crippen molar-refractivity contribution in [2.24, 2.45) is 0 Å². The summed E-state index contributed by atoms with van der Waals surface area (Å²) in [6, 6.07) is 10.3. The highest BCUT2D eigenvalue weighted by molar-refractivity contribution is 7.10. The van der Waals surface area contributed by atoms with Crippen molar-refractivity contribution in [2.45, 2.75) is 37.9 Å². The molecule has 0 aliphatic carbocycles. The monoisotopic (exact) mass is 419 g/mol. The van der Waals surface area contributed by atoms with Gasteiger partial charge in [-0.05, 0) is 54.5 Å². The van der Waals surface area contributed by atoms with Gasteiger partial charge < -0.3 is 19.9 Å². The summed E-state index contributed by atoms with van der Waals surface area (Å²) in [5, 5.41) is 13.8. The molecule has 3 rings (SSSR count). The van der Waals surface area contributed by atoms with Crippen LogP contribution in [0.1, 0.15) is 35.6 Å². The first-order valence-electron chi connectivity index (χ1n) is 9.82. The lowest BCUT2D eigenvalue weighted by Crippen LogP contribution is -2.33. The van der Waals surface area contributed by atoms with Crippen molar-refractivity contribution < 1.29 is 23.8 Å². The number of nitrogens with one attached hydrogen (secondary N) is 1. The van der Waals surface area contributed by atoms with Crippen molar-refractivity contribution in [1.29, 1.82) is 0 Å². The van der Waals surface area contributed by atoms with E-state index < -0.39 is 6.29 Å². The van der Waals surface area contributed by atoms with E-state index >= 15 is 0 Å². The molecule has 0 bridgehead atoms. The molecular weight excluding hydrogens is 393 g/mol. The van der Waals surface area contributed by atoms with Crippen molar-refractivity contribution in [3.05, 3.63) is 69.9 Å². The molecule has 0 saturated carbocycles. The number of benzene rings is 1. The van der Waals surface area contributed by atoms with Crippen LogP contribution in [0, 0.1) is 5.82 Å². The van der Waals surface area contributed by atoms with Gasteiger partial charge in [-0.25, -0.2) is 4.39 Å². The molecule has 1 aromatic heterocycles. The summed E-state index contributed by atoms with van der Waals surface area (Å²) in [4.78, 5) is 13.8. The van der Waals surface area contributed by atoms with Crippen LogP contribution in [-0.4, -0.2) is 37.1 Å². The van der Waals surface area contributed by atoms with E-state index in [1.54, 1.807) is 23.5 Å². The number of carbonyl (C=O) groups is 1. The summed E-state index contributed by atoms with van der Waals surface area (Å²) in [6.45, 7) is 1.03. The molecule has 0 radical (unpaired) electrons. The topological polar surface area (TPSA) is 67.8 Å². The Morgan fingerprint density at radius 2 is 2.10 bits per heavy atom. The summed E-state index contributed by atoms with van der Waals surface area (Å²) in [5.41, 5.74) is 0.951. The number of carbonyl (C=O) groups excluding carboxylic acids is 1. The minimum Gasteiger partial charge on any atom is -0.459 e. The van der Waals surface area contributed by atoms with E-state index in [-0.39, 0.29) is 30.0 Å². The summed E-state index contributed by atoms with van der Waals surface area (Å²) in [6.07, 6.45) is 4.02. The third-order valence-corrected chi connectivity index (χ3v) is 5.66. The molecule has 2 aromatic rings. The van der Waals surface area contributed by atoms with Gasteiger partial charge in [0.1, 0.15) is 5.82 Å². The maximum absolute atomic E-state index is 13.0. The molecule has 1 aliphatic heterocycles. The van der Waals surface area contributed by atoms with Gasteiger partial charge in [0.05, 0.1) is 6.61 Å². The van der Waals surface area contributed by atoms with Crippen LogP contribution < -0.4 is 5.32 Å². The number of hydrogen-bond acceptors (Lipinski definition) is 5. The van der Waals surface area contributed by atoms with Gasteiger partial charge in [0.2, 0.25) is 6.29 Å². The first-order valence-corrected chi connectivity index (χ1v) is 10.7. The van der Waals surface area contributed by atoms with Crippen LogP contribution in [-0.2, 0) is 20.7 Å². The highest BCUT2D eigenvalue weighted by Crippen LogP contribution is 2.33. The Bertz CT molecular complexity index is 792. The second kappa shape index (κ2) is 11.1. The first-order chi connectivity index (χ1) is 14.2. The maximum atomic E-state index is 13.0. The SMILES string of the molecule is O=C(NCCc1ccc(F)cc1)C1=C[C@@H](c2cccs2)C[C@@H](OCCCCO)O1. The van der Waals surface area contributed by atoms with Gasteiger partial charge in [0.25, 0.3) is 5.91 Å². The highest BCUT2D eigenvalue weighted by atomic mass is 32.1. The summed E-state index contributed by atoms with van der Waals surface area (Å²) < 4.78 is 24.6. The van der Waals surface area contributed by atoms with Crippen LogP contribution in [0.15, 0.2) is 53.6 Å². The van der Waals surface area contributed by atoms with E-state index in [0.29, 0.717) is 32.4 Å². The molecule has 156 valence electrons. The molecule has 0 saturated heterocycles. The lowest BCUT2D eigenvalue weighted by atomic mass is 9.99. The highest BCUT2D eigenvalue weighted by Gasteiger charge is 2.29. The number of amides is 1. The Labute approximate surface area is 174 Å². The zero-order chi connectivity index (χ0) is 20.5. The zero-order valence-electron chi connectivity index (χ0n) is 16.2. The van der Waals surface area contributed by atoms with Crippen LogP contribution in [0.4, 0.5) is 4.39 Å². The zero-order valence-corrected chi connectivity index (χ0v) is 17.0. The molecule has 2 atom stereocenters. The van der Waals surface area contributed by atoms with E-state index in [1.165, 1.54) is 12.1 Å². The van der Waals surface area contributed by atoms with Gasteiger partial charge >= 0.3 is 0 Å². The second-order valence-corrected chi connectivity index (χ2v) is 7.85. The number of unbranched alkanes of at least 4 members (excludes halogenated alkanes) is 1. The Morgan fingerprint density at radius 3 is 2.83 bits per heavy atom. The number of rotatable bonds is 10. The molecule has 5 nitrogen and oxygen atoms in total. The van der Waals surface area contributed by atoms with Crippen LogP contribution in [0.3, 0.4) is 0 Å². The Kier molecular flexibility index (Phi) is 8.22. The molecule has 0 spiro atoms. The standard InChI is InChI=1S/C22H26FNO4S/c23-18-7-5-16(6-8-18)9-10-24-22(26)19-14-17(20-4-3-13-29-20)15-21(28-19)27-12-2-1-11-25/h3-8,13-14,17,21,25H,1-2,9-12,15H2,(H,24,26)/t17-,21+/m1/s1. The fourth-order valence-electron chi connectivity index (χ4n) is 3.11. The van der Waals surface area contributed by atoms with Crippen molar-refractivity contribution in [2.75, 3.05) is 19.8 Å². The summed E-state index contributed by atoms with van der Waals surface area (Å²) >= 11 is 1.64. The van der Waals surface area contributed by atoms with E-state index in [0.717, 1.165) is 16.9 Å². The van der Waals surface area contributed by atoms with Gasteiger partial charge in [-0.3, -0.25) is 4.79 Å². The molecule has 2 heterocycles. The van der Waals surface area contributed by atoms with Crippen molar-refractivity contribution in [1.82, 2.24) is 5.32 Å². The lowest BCUT2D eigenvalue weighted by Gasteiger charge is -2.28. The number of aliphatic hydroxyl groups excluding tert-OH is 1.